The zero-order chi connectivity index (χ0) is 18.4. The van der Waals surface area contributed by atoms with Gasteiger partial charge >= 0.3 is 0 Å². The second-order valence-electron chi connectivity index (χ2n) is 5.52. The number of aliphatic hydroxyl groups is 1. The van der Waals surface area contributed by atoms with Gasteiger partial charge < -0.3 is 20.5 Å². The van der Waals surface area contributed by atoms with Crippen LogP contribution < -0.4 is 10.6 Å². The number of ether oxygens (including phenoxy) is 1. The average molecular weight is 356 g/mol. The Hall–Kier alpha value is -3.04. The Morgan fingerprint density at radius 3 is 2.92 bits per heavy atom. The third-order valence-electron chi connectivity index (χ3n) is 3.51. The van der Waals surface area contributed by atoms with E-state index in [1.165, 1.54) is 6.92 Å². The minimum absolute atomic E-state index is 0.0126. The quantitative estimate of drug-likeness (QED) is 0.520. The molecule has 26 heavy (non-hydrogen) atoms. The standard InChI is InChI=1S/C17H20N6O3/c1-12(25)20-13-2-3-15-14(10-13)16(19-5-8-26-9-7-24)22-17(21-15)23-6-4-18-11-23/h2-4,6,10-11,24H,5,7-9H2,1H3,(H,20,25)(H,19,21,22). The van der Waals surface area contributed by atoms with Crippen LogP contribution >= 0.6 is 0 Å². The van der Waals surface area contributed by atoms with Gasteiger partial charge in [0.05, 0.1) is 25.3 Å². The molecule has 0 bridgehead atoms. The lowest BCUT2D eigenvalue weighted by Gasteiger charge is -2.12. The molecule has 1 aromatic carbocycles. The summed E-state index contributed by atoms with van der Waals surface area (Å²) in [6.07, 6.45) is 5.05. The summed E-state index contributed by atoms with van der Waals surface area (Å²) in [7, 11) is 0. The third-order valence-corrected chi connectivity index (χ3v) is 3.51. The van der Waals surface area contributed by atoms with Crippen molar-refractivity contribution in [2.24, 2.45) is 0 Å². The first-order valence-electron chi connectivity index (χ1n) is 8.17. The van der Waals surface area contributed by atoms with Gasteiger partial charge in [0.15, 0.2) is 0 Å². The fraction of sp³-hybridized carbons (Fsp3) is 0.294. The van der Waals surface area contributed by atoms with Gasteiger partial charge in [-0.3, -0.25) is 9.36 Å². The number of carbonyl (C=O) groups excluding carboxylic acids is 1. The van der Waals surface area contributed by atoms with Crippen molar-refractivity contribution in [2.45, 2.75) is 6.92 Å². The first-order chi connectivity index (χ1) is 12.7. The summed E-state index contributed by atoms with van der Waals surface area (Å²) >= 11 is 0. The average Bonchev–Trinajstić information content (AvgIpc) is 3.15. The Bertz CT molecular complexity index is 882. The molecule has 9 nitrogen and oxygen atoms in total. The summed E-state index contributed by atoms with van der Waals surface area (Å²) in [6.45, 7) is 2.68. The van der Waals surface area contributed by atoms with Crippen molar-refractivity contribution in [3.63, 3.8) is 0 Å². The molecule has 0 aliphatic rings. The highest BCUT2D eigenvalue weighted by Gasteiger charge is 2.10. The number of aromatic nitrogens is 4. The molecule has 1 amide bonds. The normalized spacial score (nSPS) is 10.8. The van der Waals surface area contributed by atoms with E-state index in [0.29, 0.717) is 37.2 Å². The first kappa shape index (κ1) is 17.8. The Kier molecular flexibility index (Phi) is 5.72. The lowest BCUT2D eigenvalue weighted by atomic mass is 10.2. The molecule has 0 unspecified atom stereocenters. The van der Waals surface area contributed by atoms with Crippen LogP contribution in [0.4, 0.5) is 11.5 Å². The van der Waals surface area contributed by atoms with Crippen LogP contribution in [0.1, 0.15) is 6.92 Å². The van der Waals surface area contributed by atoms with E-state index in [0.717, 1.165) is 10.9 Å². The van der Waals surface area contributed by atoms with Crippen LogP contribution in [0, 0.1) is 0 Å². The number of amides is 1. The number of nitrogens with one attached hydrogen (secondary N) is 2. The molecule has 0 atom stereocenters. The van der Waals surface area contributed by atoms with Crippen molar-refractivity contribution in [3.8, 4) is 5.95 Å². The molecule has 0 fully saturated rings. The number of hydrogen-bond donors (Lipinski definition) is 3. The second-order valence-corrected chi connectivity index (χ2v) is 5.52. The molecule has 0 aliphatic heterocycles. The number of imidazole rings is 1. The van der Waals surface area contributed by atoms with Crippen molar-refractivity contribution >= 4 is 28.3 Å². The summed E-state index contributed by atoms with van der Waals surface area (Å²) in [5, 5.41) is 15.5. The van der Waals surface area contributed by atoms with E-state index in [4.69, 9.17) is 9.84 Å². The molecule has 0 saturated heterocycles. The third kappa shape index (κ3) is 4.32. The lowest BCUT2D eigenvalue weighted by Crippen LogP contribution is -2.14. The van der Waals surface area contributed by atoms with Crippen molar-refractivity contribution in [2.75, 3.05) is 37.0 Å². The largest absolute Gasteiger partial charge is 0.394 e. The van der Waals surface area contributed by atoms with Gasteiger partial charge in [0.25, 0.3) is 0 Å². The van der Waals surface area contributed by atoms with E-state index >= 15 is 0 Å². The Balaban J connectivity index is 1.93. The van der Waals surface area contributed by atoms with Crippen molar-refractivity contribution in [1.82, 2.24) is 19.5 Å². The maximum Gasteiger partial charge on any atom is 0.237 e. The van der Waals surface area contributed by atoms with Gasteiger partial charge in [-0.2, -0.15) is 4.98 Å². The number of rotatable bonds is 8. The molecule has 0 spiro atoms. The highest BCUT2D eigenvalue weighted by atomic mass is 16.5. The van der Waals surface area contributed by atoms with Gasteiger partial charge in [0.2, 0.25) is 11.9 Å². The van der Waals surface area contributed by atoms with E-state index in [9.17, 15) is 4.79 Å². The monoisotopic (exact) mass is 356 g/mol. The number of carbonyl (C=O) groups is 1. The molecule has 0 radical (unpaired) electrons. The Labute approximate surface area is 150 Å². The molecule has 3 N–H and O–H groups in total. The number of aliphatic hydroxyl groups excluding tert-OH is 1. The van der Waals surface area contributed by atoms with Crippen LogP contribution in [0.2, 0.25) is 0 Å². The van der Waals surface area contributed by atoms with Gasteiger partial charge in [0, 0.05) is 36.9 Å². The SMILES string of the molecule is CC(=O)Nc1ccc2nc(-n3ccnc3)nc(NCCOCCO)c2c1. The zero-order valence-electron chi connectivity index (χ0n) is 14.3. The maximum atomic E-state index is 11.3. The smallest absolute Gasteiger partial charge is 0.237 e. The predicted octanol–water partition coefficient (Wildman–Crippen LogP) is 1.19. The predicted molar refractivity (Wildman–Crippen MR) is 97.4 cm³/mol. The highest BCUT2D eigenvalue weighted by Crippen LogP contribution is 2.25. The van der Waals surface area contributed by atoms with Gasteiger partial charge in [0.1, 0.15) is 12.1 Å². The summed E-state index contributed by atoms with van der Waals surface area (Å²) in [4.78, 5) is 24.4. The highest BCUT2D eigenvalue weighted by molar-refractivity contribution is 5.96. The Morgan fingerprint density at radius 1 is 1.31 bits per heavy atom. The number of anilines is 2. The molecule has 3 aromatic rings. The molecule has 3 rings (SSSR count). The van der Waals surface area contributed by atoms with E-state index in [1.54, 1.807) is 29.4 Å². The molecule has 2 heterocycles. The summed E-state index contributed by atoms with van der Waals surface area (Å²) < 4.78 is 6.98. The van der Waals surface area contributed by atoms with E-state index in [1.807, 2.05) is 12.1 Å². The lowest BCUT2D eigenvalue weighted by molar-refractivity contribution is -0.114. The molecule has 0 saturated carbocycles. The summed E-state index contributed by atoms with van der Waals surface area (Å²) in [5.41, 5.74) is 1.40. The summed E-state index contributed by atoms with van der Waals surface area (Å²) in [6, 6.07) is 5.45. The van der Waals surface area contributed by atoms with Gasteiger partial charge in [-0.25, -0.2) is 9.97 Å². The molecule has 2 aromatic heterocycles. The zero-order valence-corrected chi connectivity index (χ0v) is 14.3. The first-order valence-corrected chi connectivity index (χ1v) is 8.17. The molecular formula is C17H20N6O3. The van der Waals surface area contributed by atoms with Gasteiger partial charge in [-0.1, -0.05) is 0 Å². The van der Waals surface area contributed by atoms with Crippen molar-refractivity contribution in [3.05, 3.63) is 36.9 Å². The number of nitrogens with zero attached hydrogens (tertiary/aromatic N) is 4. The van der Waals surface area contributed by atoms with Crippen molar-refractivity contribution < 1.29 is 14.6 Å². The second kappa shape index (κ2) is 8.37. The van der Waals surface area contributed by atoms with E-state index in [2.05, 4.69) is 25.6 Å². The topological polar surface area (TPSA) is 114 Å². The van der Waals surface area contributed by atoms with Crippen molar-refractivity contribution in [1.29, 1.82) is 0 Å². The van der Waals surface area contributed by atoms with E-state index in [-0.39, 0.29) is 12.5 Å². The molecule has 9 heteroatoms. The number of benzene rings is 1. The number of hydrogen-bond acceptors (Lipinski definition) is 7. The van der Waals surface area contributed by atoms with E-state index < -0.39 is 0 Å². The maximum absolute atomic E-state index is 11.3. The van der Waals surface area contributed by atoms with Crippen LogP contribution in [-0.4, -0.2) is 56.9 Å². The number of fused-ring (bicyclic) bond motifs is 1. The molecule has 136 valence electrons. The van der Waals surface area contributed by atoms with Crippen LogP contribution in [0.15, 0.2) is 36.9 Å². The van der Waals surface area contributed by atoms with Crippen LogP contribution in [0.5, 0.6) is 0 Å². The minimum Gasteiger partial charge on any atom is -0.394 e. The summed E-state index contributed by atoms with van der Waals surface area (Å²) in [5.74, 6) is 0.965. The molecular weight excluding hydrogens is 336 g/mol. The Morgan fingerprint density at radius 2 is 2.19 bits per heavy atom. The minimum atomic E-state index is -0.146. The van der Waals surface area contributed by atoms with Gasteiger partial charge in [-0.15, -0.1) is 0 Å². The molecule has 0 aliphatic carbocycles. The van der Waals surface area contributed by atoms with Crippen LogP contribution in [0.25, 0.3) is 16.9 Å². The van der Waals surface area contributed by atoms with Crippen LogP contribution in [0.3, 0.4) is 0 Å². The fourth-order valence-corrected chi connectivity index (χ4v) is 2.43. The fourth-order valence-electron chi connectivity index (χ4n) is 2.43. The van der Waals surface area contributed by atoms with Crippen LogP contribution in [-0.2, 0) is 9.53 Å². The van der Waals surface area contributed by atoms with Gasteiger partial charge in [-0.05, 0) is 18.2 Å².